The summed E-state index contributed by atoms with van der Waals surface area (Å²) in [5.41, 5.74) is 0. The Morgan fingerprint density at radius 3 is 2.40 bits per heavy atom. The number of methoxy groups -OCH3 is 1. The Balaban J connectivity index is 4.06. The van der Waals surface area contributed by atoms with E-state index in [2.05, 4.69) is 9.46 Å². The Morgan fingerprint density at radius 2 is 2.10 bits per heavy atom. The summed E-state index contributed by atoms with van der Waals surface area (Å²) in [6, 6.07) is 0. The molecule has 4 nitrogen and oxygen atoms in total. The van der Waals surface area contributed by atoms with E-state index in [4.69, 9.17) is 0 Å². The normalized spacial score (nSPS) is 15.1. The monoisotopic (exact) mass is 167 g/mol. The van der Waals surface area contributed by atoms with Crippen LogP contribution in [-0.4, -0.2) is 34.4 Å². The molecular formula is C5H13NO3S. The minimum atomic E-state index is -3.14. The van der Waals surface area contributed by atoms with Gasteiger partial charge in [-0.2, -0.15) is 0 Å². The zero-order chi connectivity index (χ0) is 8.20. The Kier molecular flexibility index (Phi) is 3.85. The van der Waals surface area contributed by atoms with Gasteiger partial charge in [-0.1, -0.05) is 0 Å². The Labute approximate surface area is 61.6 Å². The minimum absolute atomic E-state index is 0.225. The summed E-state index contributed by atoms with van der Waals surface area (Å²) in [7, 11) is -0.271. The second-order valence-corrected chi connectivity index (χ2v) is 4.32. The molecule has 0 aliphatic rings. The largest absolute Gasteiger partial charge is 0.383 e. The van der Waals surface area contributed by atoms with Gasteiger partial charge < -0.3 is 4.74 Å². The average molecular weight is 167 g/mol. The van der Waals surface area contributed by atoms with Crippen molar-refractivity contribution < 1.29 is 13.2 Å². The van der Waals surface area contributed by atoms with E-state index in [1.807, 2.05) is 0 Å². The van der Waals surface area contributed by atoms with Gasteiger partial charge in [-0.3, -0.25) is 0 Å². The summed E-state index contributed by atoms with van der Waals surface area (Å²) in [6.45, 7) is 1.82. The van der Waals surface area contributed by atoms with Crippen molar-refractivity contribution in [2.75, 3.05) is 20.8 Å². The van der Waals surface area contributed by atoms with Gasteiger partial charge in [0.05, 0.1) is 11.9 Å². The maximum atomic E-state index is 10.9. The van der Waals surface area contributed by atoms with Crippen LogP contribution >= 0.6 is 0 Å². The molecule has 0 spiro atoms. The number of sulfonamides is 1. The Bertz CT molecular complexity index is 175. The van der Waals surface area contributed by atoms with Gasteiger partial charge >= 0.3 is 0 Å². The van der Waals surface area contributed by atoms with Gasteiger partial charge in [0.15, 0.2) is 0 Å². The summed E-state index contributed by atoms with van der Waals surface area (Å²) < 4.78 is 28.7. The van der Waals surface area contributed by atoms with Crippen molar-refractivity contribution in [1.29, 1.82) is 0 Å². The molecule has 5 heteroatoms. The molecule has 0 fully saturated rings. The van der Waals surface area contributed by atoms with E-state index in [-0.39, 0.29) is 6.61 Å². The van der Waals surface area contributed by atoms with E-state index < -0.39 is 15.3 Å². The highest BCUT2D eigenvalue weighted by Gasteiger charge is 2.17. The molecule has 62 valence electrons. The van der Waals surface area contributed by atoms with Crippen LogP contribution in [-0.2, 0) is 14.8 Å². The van der Waals surface area contributed by atoms with Crippen LogP contribution in [0.25, 0.3) is 0 Å². The molecule has 0 aromatic heterocycles. The van der Waals surface area contributed by atoms with Crippen LogP contribution < -0.4 is 4.72 Å². The molecular weight excluding hydrogens is 154 g/mol. The molecule has 0 aromatic carbocycles. The van der Waals surface area contributed by atoms with Crippen molar-refractivity contribution in [3.8, 4) is 0 Å². The van der Waals surface area contributed by atoms with Gasteiger partial charge in [-0.15, -0.1) is 0 Å². The number of hydrogen-bond donors (Lipinski definition) is 1. The van der Waals surface area contributed by atoms with Gasteiger partial charge in [0.2, 0.25) is 10.0 Å². The van der Waals surface area contributed by atoms with Gasteiger partial charge in [-0.05, 0) is 14.0 Å². The lowest BCUT2D eigenvalue weighted by Gasteiger charge is -2.09. The molecule has 0 rings (SSSR count). The molecule has 0 amide bonds. The van der Waals surface area contributed by atoms with Gasteiger partial charge in [0.25, 0.3) is 0 Å². The Morgan fingerprint density at radius 1 is 1.60 bits per heavy atom. The predicted octanol–water partition coefficient (Wildman–Crippen LogP) is -0.429. The van der Waals surface area contributed by atoms with E-state index in [1.165, 1.54) is 14.2 Å². The van der Waals surface area contributed by atoms with E-state index in [1.54, 1.807) is 6.92 Å². The van der Waals surface area contributed by atoms with Crippen molar-refractivity contribution in [3.05, 3.63) is 0 Å². The molecule has 0 unspecified atom stereocenters. The third-order valence-corrected chi connectivity index (χ3v) is 2.98. The standard InChI is InChI=1S/C5H13NO3S/c1-5(4-9-3)10(7,8)6-2/h5-6H,4H2,1-3H3/t5-/m0/s1. The third-order valence-electron chi connectivity index (χ3n) is 1.22. The predicted molar refractivity (Wildman–Crippen MR) is 39.3 cm³/mol. The molecule has 0 heterocycles. The van der Waals surface area contributed by atoms with Crippen LogP contribution in [0.1, 0.15) is 6.92 Å². The highest BCUT2D eigenvalue weighted by Crippen LogP contribution is 1.96. The summed E-state index contributed by atoms with van der Waals surface area (Å²) in [5.74, 6) is 0. The number of rotatable bonds is 4. The number of hydrogen-bond acceptors (Lipinski definition) is 3. The zero-order valence-corrected chi connectivity index (χ0v) is 7.23. The highest BCUT2D eigenvalue weighted by atomic mass is 32.2. The lowest BCUT2D eigenvalue weighted by Crippen LogP contribution is -2.32. The van der Waals surface area contributed by atoms with Gasteiger partial charge in [-0.25, -0.2) is 13.1 Å². The third kappa shape index (κ3) is 2.64. The first-order chi connectivity index (χ1) is 4.54. The topological polar surface area (TPSA) is 55.4 Å². The SMILES string of the molecule is CNS(=O)(=O)[C@@H](C)COC. The summed E-state index contributed by atoms with van der Waals surface area (Å²) in [6.07, 6.45) is 0. The van der Waals surface area contributed by atoms with E-state index in [0.717, 1.165) is 0 Å². The zero-order valence-electron chi connectivity index (χ0n) is 6.42. The van der Waals surface area contributed by atoms with E-state index >= 15 is 0 Å². The molecule has 1 atom stereocenters. The maximum absolute atomic E-state index is 10.9. The molecule has 0 aromatic rings. The van der Waals surface area contributed by atoms with Gasteiger partial charge in [0, 0.05) is 7.11 Å². The first-order valence-corrected chi connectivity index (χ1v) is 4.50. The molecule has 1 N–H and O–H groups in total. The first-order valence-electron chi connectivity index (χ1n) is 2.96. The second kappa shape index (κ2) is 3.90. The fraction of sp³-hybridized carbons (Fsp3) is 1.00. The first kappa shape index (κ1) is 9.87. The summed E-state index contributed by atoms with van der Waals surface area (Å²) in [5, 5.41) is -0.484. The van der Waals surface area contributed by atoms with Crippen molar-refractivity contribution >= 4 is 10.0 Å². The number of nitrogens with one attached hydrogen (secondary N) is 1. The average Bonchev–Trinajstić information content (AvgIpc) is 1.89. The lowest BCUT2D eigenvalue weighted by molar-refractivity contribution is 0.200. The quantitative estimate of drug-likeness (QED) is 0.618. The smallest absolute Gasteiger partial charge is 0.216 e. The number of ether oxygens (including phenoxy) is 1. The molecule has 0 aliphatic carbocycles. The van der Waals surface area contributed by atoms with Crippen molar-refractivity contribution in [2.45, 2.75) is 12.2 Å². The second-order valence-electron chi connectivity index (χ2n) is 2.02. The van der Waals surface area contributed by atoms with Crippen LogP contribution in [0, 0.1) is 0 Å². The lowest BCUT2D eigenvalue weighted by atomic mass is 10.5. The van der Waals surface area contributed by atoms with Crippen LogP contribution in [0.2, 0.25) is 0 Å². The molecule has 0 aliphatic heterocycles. The van der Waals surface area contributed by atoms with Crippen molar-refractivity contribution in [1.82, 2.24) is 4.72 Å². The fourth-order valence-corrected chi connectivity index (χ4v) is 1.24. The summed E-state index contributed by atoms with van der Waals surface area (Å²) >= 11 is 0. The molecule has 0 saturated carbocycles. The van der Waals surface area contributed by atoms with E-state index in [0.29, 0.717) is 0 Å². The van der Waals surface area contributed by atoms with Crippen LogP contribution in [0.15, 0.2) is 0 Å². The fourth-order valence-electron chi connectivity index (χ4n) is 0.525. The van der Waals surface area contributed by atoms with Crippen molar-refractivity contribution in [2.24, 2.45) is 0 Å². The maximum Gasteiger partial charge on any atom is 0.216 e. The molecule has 10 heavy (non-hydrogen) atoms. The van der Waals surface area contributed by atoms with E-state index in [9.17, 15) is 8.42 Å². The molecule has 0 radical (unpaired) electrons. The highest BCUT2D eigenvalue weighted by molar-refractivity contribution is 7.90. The summed E-state index contributed by atoms with van der Waals surface area (Å²) in [4.78, 5) is 0. The van der Waals surface area contributed by atoms with Crippen LogP contribution in [0.4, 0.5) is 0 Å². The van der Waals surface area contributed by atoms with Crippen molar-refractivity contribution in [3.63, 3.8) is 0 Å². The van der Waals surface area contributed by atoms with Gasteiger partial charge in [0.1, 0.15) is 0 Å². The van der Waals surface area contributed by atoms with Crippen LogP contribution in [0.5, 0.6) is 0 Å². The van der Waals surface area contributed by atoms with Crippen LogP contribution in [0.3, 0.4) is 0 Å². The minimum Gasteiger partial charge on any atom is -0.383 e. The Hall–Kier alpha value is -0.130. The molecule has 0 saturated heterocycles. The molecule has 0 bridgehead atoms.